The molecule has 1 rings (SSSR count). The van der Waals surface area contributed by atoms with Gasteiger partial charge in [-0.25, -0.2) is 0 Å². The third-order valence-electron chi connectivity index (χ3n) is 1.93. The number of phenols is 1. The lowest BCUT2D eigenvalue weighted by atomic mass is 9.98. The van der Waals surface area contributed by atoms with Gasteiger partial charge in [0.25, 0.3) is 0 Å². The van der Waals surface area contributed by atoms with Gasteiger partial charge in [-0.1, -0.05) is 19.1 Å². The molecule has 13 heavy (non-hydrogen) atoms. The van der Waals surface area contributed by atoms with E-state index in [0.29, 0.717) is 0 Å². The van der Waals surface area contributed by atoms with Crippen LogP contribution in [-0.2, 0) is 4.79 Å². The number of phenolic OH excluding ortho intramolecular Hbond substituents is 1. The molecule has 0 aromatic heterocycles. The summed E-state index contributed by atoms with van der Waals surface area (Å²) in [6.45, 7) is 1.81. The van der Waals surface area contributed by atoms with Crippen LogP contribution in [-0.4, -0.2) is 11.1 Å². The van der Waals surface area contributed by atoms with Gasteiger partial charge in [-0.15, -0.1) is 0 Å². The van der Waals surface area contributed by atoms with E-state index in [1.54, 1.807) is 24.3 Å². The van der Waals surface area contributed by atoms with Crippen molar-refractivity contribution in [2.24, 2.45) is 0 Å². The number of benzene rings is 1. The monoisotopic (exact) mass is 179 g/mol. The van der Waals surface area contributed by atoms with Crippen LogP contribution < -0.4 is 5.11 Å². The second kappa shape index (κ2) is 3.94. The van der Waals surface area contributed by atoms with E-state index in [1.165, 1.54) is 0 Å². The molecule has 3 heteroatoms. The van der Waals surface area contributed by atoms with Crippen LogP contribution in [0.3, 0.4) is 0 Å². The van der Waals surface area contributed by atoms with Gasteiger partial charge in [-0.2, -0.15) is 0 Å². The second-order valence-electron chi connectivity index (χ2n) is 3.07. The van der Waals surface area contributed by atoms with Gasteiger partial charge in [0.15, 0.2) is 0 Å². The first kappa shape index (κ1) is 9.58. The number of carboxylic acid groups (broad SMARTS) is 1. The number of hydrogen-bond donors (Lipinski definition) is 1. The minimum atomic E-state index is -1.06. The van der Waals surface area contributed by atoms with E-state index < -0.39 is 5.97 Å². The minimum Gasteiger partial charge on any atom is -0.550 e. The van der Waals surface area contributed by atoms with Crippen molar-refractivity contribution in [1.82, 2.24) is 0 Å². The lowest BCUT2D eigenvalue weighted by Gasteiger charge is -2.11. The smallest absolute Gasteiger partial charge is 0.115 e. The largest absolute Gasteiger partial charge is 0.550 e. The maximum absolute atomic E-state index is 10.3. The molecule has 0 heterocycles. The predicted octanol–water partition coefficient (Wildman–Crippen LogP) is 0.636. The topological polar surface area (TPSA) is 60.4 Å². The zero-order valence-electron chi connectivity index (χ0n) is 7.36. The first-order valence-electron chi connectivity index (χ1n) is 4.08. The molecule has 0 radical (unpaired) electrons. The van der Waals surface area contributed by atoms with Crippen molar-refractivity contribution in [2.45, 2.75) is 19.3 Å². The number of carbonyl (C=O) groups is 1. The van der Waals surface area contributed by atoms with Crippen LogP contribution in [0.5, 0.6) is 5.75 Å². The average Bonchev–Trinajstić information content (AvgIpc) is 2.04. The summed E-state index contributed by atoms with van der Waals surface area (Å²) in [4.78, 5) is 10.3. The maximum atomic E-state index is 10.3. The van der Waals surface area contributed by atoms with Gasteiger partial charge in [-0.05, 0) is 30.0 Å². The molecule has 0 unspecified atom stereocenters. The Morgan fingerprint density at radius 2 is 2.00 bits per heavy atom. The van der Waals surface area contributed by atoms with Crippen LogP contribution >= 0.6 is 0 Å². The molecule has 0 amide bonds. The van der Waals surface area contributed by atoms with E-state index in [0.717, 1.165) is 5.56 Å². The molecule has 1 N–H and O–H groups in total. The number of rotatable bonds is 3. The highest BCUT2D eigenvalue weighted by molar-refractivity contribution is 5.65. The van der Waals surface area contributed by atoms with Crippen LogP contribution in [0.25, 0.3) is 0 Å². The van der Waals surface area contributed by atoms with Crippen molar-refractivity contribution >= 4 is 5.97 Å². The van der Waals surface area contributed by atoms with E-state index in [2.05, 4.69) is 0 Å². The zero-order chi connectivity index (χ0) is 9.84. The summed E-state index contributed by atoms with van der Waals surface area (Å²) < 4.78 is 0. The van der Waals surface area contributed by atoms with Crippen molar-refractivity contribution in [3.05, 3.63) is 29.8 Å². The van der Waals surface area contributed by atoms with E-state index >= 15 is 0 Å². The number of hydrogen-bond acceptors (Lipinski definition) is 3. The van der Waals surface area contributed by atoms with Crippen LogP contribution in [0.1, 0.15) is 24.8 Å². The molecule has 70 valence electrons. The Bertz CT molecular complexity index is 290. The van der Waals surface area contributed by atoms with E-state index in [1.807, 2.05) is 6.92 Å². The molecule has 0 aliphatic carbocycles. The van der Waals surface area contributed by atoms with Gasteiger partial charge < -0.3 is 15.0 Å². The summed E-state index contributed by atoms with van der Waals surface area (Å²) in [7, 11) is 0. The first-order chi connectivity index (χ1) is 6.09. The van der Waals surface area contributed by atoms with Crippen molar-refractivity contribution in [3.8, 4) is 5.75 Å². The third kappa shape index (κ3) is 2.78. The molecule has 3 nitrogen and oxygen atoms in total. The Balaban J connectivity index is 2.71. The second-order valence-corrected chi connectivity index (χ2v) is 3.07. The lowest BCUT2D eigenvalue weighted by Crippen LogP contribution is -2.23. The summed E-state index contributed by atoms with van der Waals surface area (Å²) in [6, 6.07) is 6.51. The van der Waals surface area contributed by atoms with Crippen LogP contribution in [0, 0.1) is 0 Å². The molecule has 0 aliphatic heterocycles. The Kier molecular flexibility index (Phi) is 2.90. The zero-order valence-corrected chi connectivity index (χ0v) is 7.36. The third-order valence-corrected chi connectivity index (χ3v) is 1.93. The Hall–Kier alpha value is -1.51. The quantitative estimate of drug-likeness (QED) is 0.740. The molecule has 0 aliphatic rings. The molecular weight excluding hydrogens is 168 g/mol. The maximum Gasteiger partial charge on any atom is 0.115 e. The molecule has 0 saturated heterocycles. The molecule has 0 spiro atoms. The fourth-order valence-electron chi connectivity index (χ4n) is 1.17. The number of carboxylic acids is 1. The highest BCUT2D eigenvalue weighted by Gasteiger charge is 2.04. The average molecular weight is 179 g/mol. The summed E-state index contributed by atoms with van der Waals surface area (Å²) >= 11 is 0. The molecule has 0 saturated carbocycles. The van der Waals surface area contributed by atoms with Crippen molar-refractivity contribution in [1.29, 1.82) is 0 Å². The van der Waals surface area contributed by atoms with Gasteiger partial charge in [0.05, 0.1) is 0 Å². The van der Waals surface area contributed by atoms with Gasteiger partial charge >= 0.3 is 0 Å². The van der Waals surface area contributed by atoms with Crippen LogP contribution in [0.2, 0.25) is 0 Å². The Morgan fingerprint density at radius 3 is 2.46 bits per heavy atom. The molecular formula is C10H11O3-. The van der Waals surface area contributed by atoms with Crippen molar-refractivity contribution < 1.29 is 15.0 Å². The molecule has 1 aromatic carbocycles. The highest BCUT2D eigenvalue weighted by Crippen LogP contribution is 2.20. The van der Waals surface area contributed by atoms with Gasteiger partial charge in [0.1, 0.15) is 5.75 Å². The summed E-state index contributed by atoms with van der Waals surface area (Å²) in [5.74, 6) is -0.949. The lowest BCUT2D eigenvalue weighted by molar-refractivity contribution is -0.306. The molecule has 1 atom stereocenters. The van der Waals surface area contributed by atoms with Crippen LogP contribution in [0.4, 0.5) is 0 Å². The SMILES string of the molecule is C[C@H](CC(=O)[O-])c1ccc(O)cc1. The summed E-state index contributed by atoms with van der Waals surface area (Å²) in [5, 5.41) is 19.3. The Labute approximate surface area is 76.6 Å². The minimum absolute atomic E-state index is 0.00474. The molecule has 0 fully saturated rings. The number of carbonyl (C=O) groups excluding carboxylic acids is 1. The van der Waals surface area contributed by atoms with Crippen molar-refractivity contribution in [3.63, 3.8) is 0 Å². The number of aliphatic carboxylic acids is 1. The Morgan fingerprint density at radius 1 is 1.46 bits per heavy atom. The van der Waals surface area contributed by atoms with Gasteiger partial charge in [-0.3, -0.25) is 0 Å². The summed E-state index contributed by atoms with van der Waals surface area (Å²) in [5.41, 5.74) is 0.891. The van der Waals surface area contributed by atoms with Crippen LogP contribution in [0.15, 0.2) is 24.3 Å². The van der Waals surface area contributed by atoms with E-state index in [9.17, 15) is 9.90 Å². The van der Waals surface area contributed by atoms with E-state index in [-0.39, 0.29) is 18.1 Å². The molecule has 0 bridgehead atoms. The summed E-state index contributed by atoms with van der Waals surface area (Å²) in [6.07, 6.45) is 0.00474. The fourth-order valence-corrected chi connectivity index (χ4v) is 1.17. The number of aromatic hydroxyl groups is 1. The van der Waals surface area contributed by atoms with Gasteiger partial charge in [0.2, 0.25) is 0 Å². The van der Waals surface area contributed by atoms with Crippen molar-refractivity contribution in [2.75, 3.05) is 0 Å². The highest BCUT2D eigenvalue weighted by atomic mass is 16.4. The normalized spacial score (nSPS) is 12.4. The fraction of sp³-hybridized carbons (Fsp3) is 0.300. The van der Waals surface area contributed by atoms with E-state index in [4.69, 9.17) is 5.11 Å². The standard InChI is InChI=1S/C10H12O3/c1-7(6-10(12)13)8-2-4-9(11)5-3-8/h2-5,7,11H,6H2,1H3,(H,12,13)/p-1/t7-/m1/s1. The van der Waals surface area contributed by atoms with Gasteiger partial charge in [0, 0.05) is 5.97 Å². The first-order valence-corrected chi connectivity index (χ1v) is 4.08. The molecule has 1 aromatic rings. The predicted molar refractivity (Wildman–Crippen MR) is 46.1 cm³/mol.